The molecule has 2 aliphatic heterocycles. The van der Waals surface area contributed by atoms with E-state index in [4.69, 9.17) is 4.74 Å². The standard InChI is InChI=1S/C17H24N4O2/c1-3-9-21-16(22)6-4-7-17(21)8-5-10-20(12-17)14-11-15(23-2)19-13-18-14/h3,11,13H,1,4-10,12H2,2H3/t17-/m1/s1. The minimum Gasteiger partial charge on any atom is -0.481 e. The predicted octanol–water partition coefficient (Wildman–Crippen LogP) is 2.02. The third-order valence-electron chi connectivity index (χ3n) is 4.93. The summed E-state index contributed by atoms with van der Waals surface area (Å²) in [7, 11) is 1.61. The van der Waals surface area contributed by atoms with E-state index in [0.717, 1.165) is 44.6 Å². The highest BCUT2D eigenvalue weighted by Gasteiger charge is 2.44. The molecular formula is C17H24N4O2. The van der Waals surface area contributed by atoms with Gasteiger partial charge < -0.3 is 14.5 Å². The van der Waals surface area contributed by atoms with Crippen molar-refractivity contribution < 1.29 is 9.53 Å². The molecule has 0 radical (unpaired) electrons. The van der Waals surface area contributed by atoms with Crippen molar-refractivity contribution in [2.75, 3.05) is 31.6 Å². The number of carbonyl (C=O) groups is 1. The van der Waals surface area contributed by atoms with Crippen LogP contribution in [0, 0.1) is 0 Å². The van der Waals surface area contributed by atoms with E-state index in [0.29, 0.717) is 18.8 Å². The summed E-state index contributed by atoms with van der Waals surface area (Å²) in [6.07, 6.45) is 8.12. The number of ether oxygens (including phenoxy) is 1. The van der Waals surface area contributed by atoms with E-state index in [1.165, 1.54) is 6.33 Å². The Hall–Kier alpha value is -2.11. The number of aromatic nitrogens is 2. The van der Waals surface area contributed by atoms with E-state index in [9.17, 15) is 4.79 Å². The van der Waals surface area contributed by atoms with Gasteiger partial charge >= 0.3 is 0 Å². The number of piperidine rings is 2. The van der Waals surface area contributed by atoms with Gasteiger partial charge in [0.2, 0.25) is 11.8 Å². The molecule has 1 aromatic heterocycles. The van der Waals surface area contributed by atoms with Crippen molar-refractivity contribution in [2.45, 2.75) is 37.6 Å². The summed E-state index contributed by atoms with van der Waals surface area (Å²) >= 11 is 0. The molecule has 6 heteroatoms. The van der Waals surface area contributed by atoms with Crippen LogP contribution in [0.15, 0.2) is 25.0 Å². The lowest BCUT2D eigenvalue weighted by molar-refractivity contribution is -0.141. The number of carbonyl (C=O) groups excluding carboxylic acids is 1. The van der Waals surface area contributed by atoms with Crippen LogP contribution in [0.25, 0.3) is 0 Å². The molecule has 0 N–H and O–H groups in total. The molecule has 2 saturated heterocycles. The van der Waals surface area contributed by atoms with Crippen LogP contribution in [0.2, 0.25) is 0 Å². The molecule has 3 heterocycles. The van der Waals surface area contributed by atoms with Gasteiger partial charge in [-0.1, -0.05) is 6.08 Å². The molecule has 2 fully saturated rings. The van der Waals surface area contributed by atoms with Crippen LogP contribution in [0.4, 0.5) is 5.82 Å². The quantitative estimate of drug-likeness (QED) is 0.796. The van der Waals surface area contributed by atoms with Crippen LogP contribution < -0.4 is 9.64 Å². The van der Waals surface area contributed by atoms with Gasteiger partial charge in [-0.2, -0.15) is 0 Å². The molecule has 124 valence electrons. The van der Waals surface area contributed by atoms with Gasteiger partial charge in [0.15, 0.2) is 0 Å². The molecule has 3 rings (SSSR count). The fraction of sp³-hybridized carbons (Fsp3) is 0.588. The molecule has 1 atom stereocenters. The zero-order valence-electron chi connectivity index (χ0n) is 13.7. The Labute approximate surface area is 137 Å². The Morgan fingerprint density at radius 2 is 2.22 bits per heavy atom. The molecular weight excluding hydrogens is 292 g/mol. The molecule has 1 aromatic rings. The number of hydrogen-bond donors (Lipinski definition) is 0. The third-order valence-corrected chi connectivity index (χ3v) is 4.93. The van der Waals surface area contributed by atoms with Gasteiger partial charge in [0.25, 0.3) is 0 Å². The van der Waals surface area contributed by atoms with E-state index in [-0.39, 0.29) is 11.4 Å². The van der Waals surface area contributed by atoms with Gasteiger partial charge in [0.05, 0.1) is 12.6 Å². The third kappa shape index (κ3) is 3.02. The number of hydrogen-bond acceptors (Lipinski definition) is 5. The van der Waals surface area contributed by atoms with Crippen molar-refractivity contribution in [1.29, 1.82) is 0 Å². The fourth-order valence-electron chi connectivity index (χ4n) is 3.87. The summed E-state index contributed by atoms with van der Waals surface area (Å²) in [6, 6.07) is 1.86. The normalized spacial score (nSPS) is 24.8. The zero-order chi connectivity index (χ0) is 16.3. The van der Waals surface area contributed by atoms with Gasteiger partial charge in [-0.15, -0.1) is 6.58 Å². The van der Waals surface area contributed by atoms with Crippen molar-refractivity contribution in [3.05, 3.63) is 25.0 Å². The van der Waals surface area contributed by atoms with Crippen molar-refractivity contribution in [3.8, 4) is 5.88 Å². The van der Waals surface area contributed by atoms with Crippen LogP contribution in [0.5, 0.6) is 5.88 Å². The maximum Gasteiger partial charge on any atom is 0.223 e. The highest BCUT2D eigenvalue weighted by molar-refractivity contribution is 5.78. The highest BCUT2D eigenvalue weighted by atomic mass is 16.5. The van der Waals surface area contributed by atoms with Crippen molar-refractivity contribution >= 4 is 11.7 Å². The number of amides is 1. The molecule has 0 bridgehead atoms. The van der Waals surface area contributed by atoms with Gasteiger partial charge in [-0.25, -0.2) is 9.97 Å². The molecule has 6 nitrogen and oxygen atoms in total. The van der Waals surface area contributed by atoms with E-state index in [1.54, 1.807) is 7.11 Å². The first-order valence-corrected chi connectivity index (χ1v) is 8.21. The second-order valence-corrected chi connectivity index (χ2v) is 6.31. The monoisotopic (exact) mass is 316 g/mol. The number of nitrogens with zero attached hydrogens (tertiary/aromatic N) is 4. The SMILES string of the molecule is C=CCN1C(=O)CCC[C@]12CCCN(c1cc(OC)ncn1)C2. The van der Waals surface area contributed by atoms with E-state index < -0.39 is 0 Å². The van der Waals surface area contributed by atoms with Crippen molar-refractivity contribution in [3.63, 3.8) is 0 Å². The number of methoxy groups -OCH3 is 1. The van der Waals surface area contributed by atoms with Crippen LogP contribution >= 0.6 is 0 Å². The topological polar surface area (TPSA) is 58.6 Å². The Morgan fingerprint density at radius 1 is 1.39 bits per heavy atom. The van der Waals surface area contributed by atoms with Gasteiger partial charge in [0.1, 0.15) is 12.1 Å². The largest absolute Gasteiger partial charge is 0.481 e. The maximum atomic E-state index is 12.4. The number of rotatable bonds is 4. The van der Waals surface area contributed by atoms with E-state index >= 15 is 0 Å². The van der Waals surface area contributed by atoms with Crippen molar-refractivity contribution in [1.82, 2.24) is 14.9 Å². The van der Waals surface area contributed by atoms with Crippen LogP contribution in [-0.2, 0) is 4.79 Å². The molecule has 0 aliphatic carbocycles. The van der Waals surface area contributed by atoms with Gasteiger partial charge in [-0.05, 0) is 25.7 Å². The maximum absolute atomic E-state index is 12.4. The smallest absolute Gasteiger partial charge is 0.223 e. The summed E-state index contributed by atoms with van der Waals surface area (Å²) < 4.78 is 5.20. The molecule has 1 amide bonds. The Kier molecular flexibility index (Phi) is 4.50. The molecule has 23 heavy (non-hydrogen) atoms. The molecule has 1 spiro atoms. The Morgan fingerprint density at radius 3 is 3.00 bits per heavy atom. The molecule has 2 aliphatic rings. The fourth-order valence-corrected chi connectivity index (χ4v) is 3.87. The summed E-state index contributed by atoms with van der Waals surface area (Å²) in [5.41, 5.74) is -0.0973. The molecule has 0 aromatic carbocycles. The summed E-state index contributed by atoms with van der Waals surface area (Å²) in [6.45, 7) is 6.20. The Bertz CT molecular complexity index is 588. The lowest BCUT2D eigenvalue weighted by Gasteiger charge is -2.52. The summed E-state index contributed by atoms with van der Waals surface area (Å²) in [5, 5.41) is 0. The van der Waals surface area contributed by atoms with Crippen LogP contribution in [-0.4, -0.2) is 53.1 Å². The van der Waals surface area contributed by atoms with Gasteiger partial charge in [-0.3, -0.25) is 4.79 Å². The lowest BCUT2D eigenvalue weighted by Crippen LogP contribution is -2.62. The average molecular weight is 316 g/mol. The summed E-state index contributed by atoms with van der Waals surface area (Å²) in [4.78, 5) is 25.2. The first-order valence-electron chi connectivity index (χ1n) is 8.21. The zero-order valence-corrected chi connectivity index (χ0v) is 13.7. The average Bonchev–Trinajstić information content (AvgIpc) is 2.59. The minimum absolute atomic E-state index is 0.0973. The van der Waals surface area contributed by atoms with Crippen LogP contribution in [0.3, 0.4) is 0 Å². The predicted molar refractivity (Wildman–Crippen MR) is 88.5 cm³/mol. The first-order chi connectivity index (χ1) is 11.2. The second kappa shape index (κ2) is 6.56. The van der Waals surface area contributed by atoms with Crippen molar-refractivity contribution in [2.24, 2.45) is 0 Å². The second-order valence-electron chi connectivity index (χ2n) is 6.31. The van der Waals surface area contributed by atoms with E-state index in [1.807, 2.05) is 17.0 Å². The van der Waals surface area contributed by atoms with E-state index in [2.05, 4.69) is 21.4 Å². The van der Waals surface area contributed by atoms with Gasteiger partial charge in [0, 0.05) is 32.1 Å². The number of anilines is 1. The minimum atomic E-state index is -0.0973. The lowest BCUT2D eigenvalue weighted by atomic mass is 9.79. The Balaban J connectivity index is 1.86. The highest BCUT2D eigenvalue weighted by Crippen LogP contribution is 2.37. The van der Waals surface area contributed by atoms with Crippen LogP contribution in [0.1, 0.15) is 32.1 Å². The number of likely N-dealkylation sites (tertiary alicyclic amines) is 1. The molecule has 0 saturated carbocycles. The molecule has 0 unspecified atom stereocenters. The first kappa shape index (κ1) is 15.8. The summed E-state index contributed by atoms with van der Waals surface area (Å²) in [5.74, 6) is 1.68.